The molecule has 2 N–H and O–H groups in total. The molecule has 0 radical (unpaired) electrons. The molecule has 0 aliphatic rings. The van der Waals surface area contributed by atoms with Gasteiger partial charge in [-0.15, -0.1) is 0 Å². The minimum absolute atomic E-state index is 0.262. The van der Waals surface area contributed by atoms with Crippen LogP contribution in [0.3, 0.4) is 0 Å². The third-order valence-electron chi connectivity index (χ3n) is 0.834. The van der Waals surface area contributed by atoms with Crippen molar-refractivity contribution in [2.75, 3.05) is 11.5 Å². The first-order valence-corrected chi connectivity index (χ1v) is 4.25. The second-order valence-corrected chi connectivity index (χ2v) is 3.02. The number of thioether (sulfide) groups is 1. The zero-order chi connectivity index (χ0) is 7.11. The van der Waals surface area contributed by atoms with Gasteiger partial charge in [0.05, 0.1) is 6.04 Å². The number of aldehydes is 1. The first kappa shape index (κ1) is 8.98. The van der Waals surface area contributed by atoms with Gasteiger partial charge >= 0.3 is 0 Å². The molecule has 0 spiro atoms. The fourth-order valence-corrected chi connectivity index (χ4v) is 1.21. The average molecular weight is 147 g/mol. The molecule has 0 aliphatic heterocycles. The Labute approximate surface area is 60.2 Å². The average Bonchev–Trinajstić information content (AvgIpc) is 1.89. The van der Waals surface area contributed by atoms with Crippen LogP contribution in [0.2, 0.25) is 0 Å². The highest BCUT2D eigenvalue weighted by Gasteiger charge is 1.96. The maximum absolute atomic E-state index is 9.96. The predicted molar refractivity (Wildman–Crippen MR) is 41.7 cm³/mol. The van der Waals surface area contributed by atoms with Crippen molar-refractivity contribution in [1.82, 2.24) is 0 Å². The number of carbonyl (C=O) groups is 1. The summed E-state index contributed by atoms with van der Waals surface area (Å²) < 4.78 is 0. The summed E-state index contributed by atoms with van der Waals surface area (Å²) in [5, 5.41) is 0. The fourth-order valence-electron chi connectivity index (χ4n) is 0.403. The van der Waals surface area contributed by atoms with E-state index >= 15 is 0 Å². The molecule has 0 heterocycles. The molecule has 0 amide bonds. The number of hydrogen-bond acceptors (Lipinski definition) is 3. The summed E-state index contributed by atoms with van der Waals surface area (Å²) >= 11 is 1.73. The molecule has 0 bridgehead atoms. The van der Waals surface area contributed by atoms with Crippen molar-refractivity contribution >= 4 is 18.0 Å². The molecule has 2 nitrogen and oxygen atoms in total. The highest BCUT2D eigenvalue weighted by Crippen LogP contribution is 2.01. The van der Waals surface area contributed by atoms with Crippen LogP contribution in [0.25, 0.3) is 0 Å². The van der Waals surface area contributed by atoms with Crippen LogP contribution in [0.4, 0.5) is 0 Å². The SMILES string of the molecule is CCCSCC(N)C=O. The van der Waals surface area contributed by atoms with Crippen molar-refractivity contribution in [3.05, 3.63) is 0 Å². The zero-order valence-corrected chi connectivity index (χ0v) is 6.49. The molecular formula is C6H13NOS. The lowest BCUT2D eigenvalue weighted by atomic mass is 10.4. The van der Waals surface area contributed by atoms with Gasteiger partial charge < -0.3 is 10.5 Å². The molecule has 0 aromatic carbocycles. The summed E-state index contributed by atoms with van der Waals surface area (Å²) in [5.41, 5.74) is 5.32. The number of nitrogens with two attached hydrogens (primary N) is 1. The summed E-state index contributed by atoms with van der Waals surface area (Å²) in [5.74, 6) is 1.86. The first-order valence-electron chi connectivity index (χ1n) is 3.10. The van der Waals surface area contributed by atoms with Crippen LogP contribution in [0.5, 0.6) is 0 Å². The minimum Gasteiger partial charge on any atom is -0.321 e. The quantitative estimate of drug-likeness (QED) is 0.459. The van der Waals surface area contributed by atoms with Crippen molar-refractivity contribution in [3.8, 4) is 0 Å². The standard InChI is InChI=1S/C6H13NOS/c1-2-3-9-5-6(7)4-8/h4,6H,2-3,5,7H2,1H3. The molecule has 0 aliphatic carbocycles. The Hall–Kier alpha value is -0.0200. The van der Waals surface area contributed by atoms with Crippen LogP contribution >= 0.6 is 11.8 Å². The fraction of sp³-hybridized carbons (Fsp3) is 0.833. The van der Waals surface area contributed by atoms with Gasteiger partial charge in [0, 0.05) is 5.75 Å². The Morgan fingerprint density at radius 3 is 2.89 bits per heavy atom. The Kier molecular flexibility index (Phi) is 6.09. The van der Waals surface area contributed by atoms with E-state index in [1.807, 2.05) is 0 Å². The maximum atomic E-state index is 9.96. The van der Waals surface area contributed by atoms with Crippen molar-refractivity contribution in [3.63, 3.8) is 0 Å². The van der Waals surface area contributed by atoms with Crippen LogP contribution in [-0.2, 0) is 4.79 Å². The van der Waals surface area contributed by atoms with Gasteiger partial charge in [-0.25, -0.2) is 0 Å². The Morgan fingerprint density at radius 2 is 2.44 bits per heavy atom. The van der Waals surface area contributed by atoms with E-state index in [4.69, 9.17) is 5.73 Å². The van der Waals surface area contributed by atoms with Gasteiger partial charge in [0.1, 0.15) is 6.29 Å². The lowest BCUT2D eigenvalue weighted by Crippen LogP contribution is -2.24. The monoisotopic (exact) mass is 147 g/mol. The molecular weight excluding hydrogens is 134 g/mol. The number of rotatable bonds is 5. The van der Waals surface area contributed by atoms with Crippen LogP contribution < -0.4 is 5.73 Å². The lowest BCUT2D eigenvalue weighted by Gasteiger charge is -2.00. The Bertz CT molecular complexity index is 77.5. The summed E-state index contributed by atoms with van der Waals surface area (Å²) in [7, 11) is 0. The minimum atomic E-state index is -0.262. The smallest absolute Gasteiger partial charge is 0.137 e. The van der Waals surface area contributed by atoms with Crippen molar-refractivity contribution in [1.29, 1.82) is 0 Å². The molecule has 9 heavy (non-hydrogen) atoms. The summed E-state index contributed by atoms with van der Waals surface area (Å²) in [6.45, 7) is 2.11. The Morgan fingerprint density at radius 1 is 1.78 bits per heavy atom. The molecule has 3 heteroatoms. The molecule has 54 valence electrons. The van der Waals surface area contributed by atoms with Gasteiger partial charge in [-0.2, -0.15) is 11.8 Å². The van der Waals surface area contributed by atoms with E-state index in [0.29, 0.717) is 0 Å². The topological polar surface area (TPSA) is 43.1 Å². The van der Waals surface area contributed by atoms with E-state index in [-0.39, 0.29) is 6.04 Å². The van der Waals surface area contributed by atoms with Crippen LogP contribution in [0, 0.1) is 0 Å². The third kappa shape index (κ3) is 5.86. The summed E-state index contributed by atoms with van der Waals surface area (Å²) in [6.07, 6.45) is 1.94. The molecule has 0 aromatic heterocycles. The summed E-state index contributed by atoms with van der Waals surface area (Å²) in [4.78, 5) is 9.96. The van der Waals surface area contributed by atoms with E-state index in [1.165, 1.54) is 0 Å². The van der Waals surface area contributed by atoms with Gasteiger partial charge in [0.25, 0.3) is 0 Å². The molecule has 0 aromatic rings. The van der Waals surface area contributed by atoms with Crippen molar-refractivity contribution in [2.45, 2.75) is 19.4 Å². The van der Waals surface area contributed by atoms with E-state index in [2.05, 4.69) is 6.92 Å². The highest BCUT2D eigenvalue weighted by atomic mass is 32.2. The zero-order valence-electron chi connectivity index (χ0n) is 5.67. The second-order valence-electron chi connectivity index (χ2n) is 1.87. The summed E-state index contributed by atoms with van der Waals surface area (Å²) in [6, 6.07) is -0.262. The van der Waals surface area contributed by atoms with E-state index in [0.717, 1.165) is 24.2 Å². The van der Waals surface area contributed by atoms with Gasteiger partial charge in [-0.05, 0) is 12.2 Å². The largest absolute Gasteiger partial charge is 0.321 e. The van der Waals surface area contributed by atoms with Gasteiger partial charge in [-0.1, -0.05) is 6.92 Å². The maximum Gasteiger partial charge on any atom is 0.137 e. The lowest BCUT2D eigenvalue weighted by molar-refractivity contribution is -0.108. The molecule has 0 rings (SSSR count). The van der Waals surface area contributed by atoms with Gasteiger partial charge in [0.2, 0.25) is 0 Å². The van der Waals surface area contributed by atoms with Gasteiger partial charge in [0.15, 0.2) is 0 Å². The van der Waals surface area contributed by atoms with E-state index in [1.54, 1.807) is 11.8 Å². The number of hydrogen-bond donors (Lipinski definition) is 1. The predicted octanol–water partition coefficient (Wildman–Crippen LogP) is 0.656. The van der Waals surface area contributed by atoms with E-state index in [9.17, 15) is 4.79 Å². The van der Waals surface area contributed by atoms with Crippen molar-refractivity contribution < 1.29 is 4.79 Å². The van der Waals surface area contributed by atoms with Crippen LogP contribution in [-0.4, -0.2) is 23.8 Å². The molecule has 0 saturated heterocycles. The molecule has 0 fully saturated rings. The van der Waals surface area contributed by atoms with Crippen molar-refractivity contribution in [2.24, 2.45) is 5.73 Å². The molecule has 1 unspecified atom stereocenters. The van der Waals surface area contributed by atoms with Gasteiger partial charge in [-0.3, -0.25) is 0 Å². The first-order chi connectivity index (χ1) is 4.31. The highest BCUT2D eigenvalue weighted by molar-refractivity contribution is 7.99. The van der Waals surface area contributed by atoms with Crippen LogP contribution in [0.1, 0.15) is 13.3 Å². The van der Waals surface area contributed by atoms with Crippen LogP contribution in [0.15, 0.2) is 0 Å². The molecule has 1 atom stereocenters. The third-order valence-corrected chi connectivity index (χ3v) is 2.15. The van der Waals surface area contributed by atoms with E-state index < -0.39 is 0 Å². The molecule has 0 saturated carbocycles. The second kappa shape index (κ2) is 6.11. The Balaban J connectivity index is 2.96. The normalized spacial score (nSPS) is 13.1. The number of carbonyl (C=O) groups excluding carboxylic acids is 1.